The second-order valence-electron chi connectivity index (χ2n) is 3.78. The first-order valence-electron chi connectivity index (χ1n) is 4.70. The summed E-state index contributed by atoms with van der Waals surface area (Å²) >= 11 is 0. The lowest BCUT2D eigenvalue weighted by atomic mass is 10.3. The fourth-order valence-corrected chi connectivity index (χ4v) is 1.37. The molecule has 0 spiro atoms. The summed E-state index contributed by atoms with van der Waals surface area (Å²) in [6.45, 7) is 3.08. The molecule has 0 aliphatic rings. The summed E-state index contributed by atoms with van der Waals surface area (Å²) < 4.78 is 0. The van der Waals surface area contributed by atoms with Crippen molar-refractivity contribution in [1.82, 2.24) is 9.88 Å². The largest absolute Gasteiger partial charge is 0.399 e. The molecule has 1 aromatic rings. The van der Waals surface area contributed by atoms with Crippen LogP contribution in [0.15, 0.2) is 18.3 Å². The van der Waals surface area contributed by atoms with Crippen molar-refractivity contribution in [2.24, 2.45) is 0 Å². The third-order valence-electron chi connectivity index (χ3n) is 1.82. The molecule has 0 fully saturated rings. The first kappa shape index (κ1) is 10.8. The van der Waals surface area contributed by atoms with Crippen molar-refractivity contribution in [3.05, 3.63) is 18.3 Å². The Bertz CT molecular complexity index is 285. The Morgan fingerprint density at radius 2 is 2.29 bits per heavy atom. The summed E-state index contributed by atoms with van der Waals surface area (Å²) in [6.07, 6.45) is 1.71. The number of nitrogens with two attached hydrogens (primary N) is 1. The predicted molar refractivity (Wildman–Crippen MR) is 60.3 cm³/mol. The lowest BCUT2D eigenvalue weighted by Crippen LogP contribution is -2.29. The molecule has 78 valence electrons. The van der Waals surface area contributed by atoms with Crippen LogP contribution in [-0.2, 0) is 0 Å². The smallest absolute Gasteiger partial charge is 0.128 e. The Labute approximate surface area is 85.1 Å². The maximum atomic E-state index is 5.65. The molecule has 0 saturated heterocycles. The lowest BCUT2D eigenvalue weighted by Gasteiger charge is -2.18. The number of likely N-dealkylation sites (N-methyl/N-ethyl adjacent to an activating group) is 1. The monoisotopic (exact) mass is 194 g/mol. The number of hydrogen-bond donors (Lipinski definition) is 2. The molecular weight excluding hydrogens is 176 g/mol. The molecule has 0 bridgehead atoms. The van der Waals surface area contributed by atoms with E-state index in [0.29, 0.717) is 6.04 Å². The van der Waals surface area contributed by atoms with E-state index in [4.69, 9.17) is 5.73 Å². The van der Waals surface area contributed by atoms with Gasteiger partial charge < -0.3 is 16.0 Å². The topological polar surface area (TPSA) is 54.2 Å². The molecule has 0 aliphatic carbocycles. The summed E-state index contributed by atoms with van der Waals surface area (Å²) in [6, 6.07) is 3.98. The van der Waals surface area contributed by atoms with E-state index in [-0.39, 0.29) is 0 Å². The second-order valence-corrected chi connectivity index (χ2v) is 3.78. The zero-order valence-electron chi connectivity index (χ0n) is 8.99. The Morgan fingerprint density at radius 3 is 2.86 bits per heavy atom. The molecule has 4 heteroatoms. The van der Waals surface area contributed by atoms with E-state index in [1.807, 2.05) is 20.2 Å². The molecule has 0 aliphatic heterocycles. The van der Waals surface area contributed by atoms with Gasteiger partial charge in [0.05, 0.1) is 0 Å². The zero-order chi connectivity index (χ0) is 10.6. The standard InChI is InChI=1S/C10H18N4/c1-8(7-14(2)3)13-10-6-9(11)4-5-12-10/h4-6,8H,7H2,1-3H3,(H3,11,12,13). The van der Waals surface area contributed by atoms with Crippen LogP contribution >= 0.6 is 0 Å². The molecule has 3 N–H and O–H groups in total. The van der Waals surface area contributed by atoms with Crippen molar-refractivity contribution >= 4 is 11.5 Å². The summed E-state index contributed by atoms with van der Waals surface area (Å²) in [5, 5.41) is 3.28. The Hall–Kier alpha value is -1.29. The van der Waals surface area contributed by atoms with Gasteiger partial charge in [0.25, 0.3) is 0 Å². The number of nitrogens with zero attached hydrogens (tertiary/aromatic N) is 2. The summed E-state index contributed by atoms with van der Waals surface area (Å²) in [7, 11) is 4.09. The third-order valence-corrected chi connectivity index (χ3v) is 1.82. The van der Waals surface area contributed by atoms with Gasteiger partial charge in [-0.05, 0) is 27.1 Å². The minimum atomic E-state index is 0.360. The Balaban J connectivity index is 2.51. The number of aromatic nitrogens is 1. The highest BCUT2D eigenvalue weighted by Gasteiger charge is 2.03. The first-order valence-corrected chi connectivity index (χ1v) is 4.70. The fourth-order valence-electron chi connectivity index (χ4n) is 1.37. The minimum absolute atomic E-state index is 0.360. The van der Waals surface area contributed by atoms with E-state index in [1.54, 1.807) is 12.3 Å². The van der Waals surface area contributed by atoms with Crippen LogP contribution in [0.25, 0.3) is 0 Å². The van der Waals surface area contributed by atoms with Crippen molar-refractivity contribution < 1.29 is 0 Å². The summed E-state index contributed by atoms with van der Waals surface area (Å²) in [4.78, 5) is 6.31. The SMILES string of the molecule is CC(CN(C)C)Nc1cc(N)ccn1. The van der Waals surface area contributed by atoms with Crippen LogP contribution in [0.3, 0.4) is 0 Å². The molecule has 1 aromatic heterocycles. The predicted octanol–water partition coefficient (Wildman–Crippen LogP) is 1.03. The molecule has 1 heterocycles. The summed E-state index contributed by atoms with van der Waals surface area (Å²) in [5.41, 5.74) is 6.38. The highest BCUT2D eigenvalue weighted by atomic mass is 15.1. The van der Waals surface area contributed by atoms with Gasteiger partial charge in [-0.25, -0.2) is 4.98 Å². The molecule has 0 saturated carbocycles. The average molecular weight is 194 g/mol. The molecule has 1 rings (SSSR count). The average Bonchev–Trinajstić information content (AvgIpc) is 2.01. The van der Waals surface area contributed by atoms with Crippen LogP contribution < -0.4 is 11.1 Å². The molecule has 1 unspecified atom stereocenters. The number of rotatable bonds is 4. The van der Waals surface area contributed by atoms with Gasteiger partial charge in [0.2, 0.25) is 0 Å². The van der Waals surface area contributed by atoms with Crippen LogP contribution in [0.5, 0.6) is 0 Å². The number of anilines is 2. The maximum Gasteiger partial charge on any atom is 0.128 e. The molecular formula is C10H18N4. The summed E-state index contributed by atoms with van der Waals surface area (Å²) in [5.74, 6) is 0.833. The maximum absolute atomic E-state index is 5.65. The van der Waals surface area contributed by atoms with Crippen LogP contribution in [0.1, 0.15) is 6.92 Å². The van der Waals surface area contributed by atoms with E-state index in [0.717, 1.165) is 18.1 Å². The molecule has 0 amide bonds. The highest BCUT2D eigenvalue weighted by molar-refractivity contribution is 5.48. The van der Waals surface area contributed by atoms with Crippen molar-refractivity contribution in [2.75, 3.05) is 31.7 Å². The van der Waals surface area contributed by atoms with E-state index >= 15 is 0 Å². The molecule has 4 nitrogen and oxygen atoms in total. The van der Waals surface area contributed by atoms with Crippen molar-refractivity contribution in [1.29, 1.82) is 0 Å². The van der Waals surface area contributed by atoms with Crippen LogP contribution in [0.2, 0.25) is 0 Å². The van der Waals surface area contributed by atoms with Crippen molar-refractivity contribution in [3.8, 4) is 0 Å². The minimum Gasteiger partial charge on any atom is -0.399 e. The van der Waals surface area contributed by atoms with E-state index in [2.05, 4.69) is 22.1 Å². The van der Waals surface area contributed by atoms with Crippen LogP contribution in [0, 0.1) is 0 Å². The van der Waals surface area contributed by atoms with E-state index in [9.17, 15) is 0 Å². The van der Waals surface area contributed by atoms with Crippen molar-refractivity contribution in [2.45, 2.75) is 13.0 Å². The number of nitrogens with one attached hydrogen (secondary N) is 1. The second kappa shape index (κ2) is 4.81. The third kappa shape index (κ3) is 3.62. The molecule has 14 heavy (non-hydrogen) atoms. The van der Waals surface area contributed by atoms with Crippen molar-refractivity contribution in [3.63, 3.8) is 0 Å². The normalized spacial score (nSPS) is 12.9. The first-order chi connectivity index (χ1) is 6.58. The zero-order valence-corrected chi connectivity index (χ0v) is 8.99. The van der Waals surface area contributed by atoms with Gasteiger partial charge in [0.1, 0.15) is 5.82 Å². The quantitative estimate of drug-likeness (QED) is 0.751. The van der Waals surface area contributed by atoms with Gasteiger partial charge in [0, 0.05) is 30.5 Å². The number of pyridine rings is 1. The Morgan fingerprint density at radius 1 is 1.57 bits per heavy atom. The van der Waals surface area contributed by atoms with Crippen LogP contribution in [0.4, 0.5) is 11.5 Å². The van der Waals surface area contributed by atoms with Gasteiger partial charge in [0.15, 0.2) is 0 Å². The Kier molecular flexibility index (Phi) is 3.71. The van der Waals surface area contributed by atoms with Crippen LogP contribution in [-0.4, -0.2) is 36.6 Å². The number of hydrogen-bond acceptors (Lipinski definition) is 4. The lowest BCUT2D eigenvalue weighted by molar-refractivity contribution is 0.392. The fraction of sp³-hybridized carbons (Fsp3) is 0.500. The van der Waals surface area contributed by atoms with Gasteiger partial charge in [-0.1, -0.05) is 0 Å². The van der Waals surface area contributed by atoms with E-state index < -0.39 is 0 Å². The van der Waals surface area contributed by atoms with Gasteiger partial charge in [-0.15, -0.1) is 0 Å². The van der Waals surface area contributed by atoms with E-state index in [1.165, 1.54) is 0 Å². The van der Waals surface area contributed by atoms with Gasteiger partial charge >= 0.3 is 0 Å². The molecule has 1 atom stereocenters. The molecule has 0 aromatic carbocycles. The van der Waals surface area contributed by atoms with Gasteiger partial charge in [-0.2, -0.15) is 0 Å². The molecule has 0 radical (unpaired) electrons. The highest BCUT2D eigenvalue weighted by Crippen LogP contribution is 2.08. The number of nitrogen functional groups attached to an aromatic ring is 1. The van der Waals surface area contributed by atoms with Gasteiger partial charge in [-0.3, -0.25) is 0 Å².